The minimum absolute atomic E-state index is 0.00550. The summed E-state index contributed by atoms with van der Waals surface area (Å²) in [6.07, 6.45) is -3.89. The van der Waals surface area contributed by atoms with Crippen LogP contribution in [-0.4, -0.2) is 61.2 Å². The normalized spacial score (nSPS) is 16.3. The van der Waals surface area contributed by atoms with E-state index in [4.69, 9.17) is 4.74 Å². The summed E-state index contributed by atoms with van der Waals surface area (Å²) in [4.78, 5) is 26.3. The van der Waals surface area contributed by atoms with E-state index in [0.717, 1.165) is 11.0 Å². The minimum atomic E-state index is -4.86. The molecular formula is C31H27F4N3O6S2. The fourth-order valence-electron chi connectivity index (χ4n) is 4.88. The lowest BCUT2D eigenvalue weighted by molar-refractivity contribution is -0.129. The van der Waals surface area contributed by atoms with Crippen LogP contribution in [0.25, 0.3) is 0 Å². The smallest absolute Gasteiger partial charge is 0.415 e. The number of carbonyl (C=O) groups excluding carboxylic acids is 2. The van der Waals surface area contributed by atoms with Crippen LogP contribution in [0, 0.1) is 23.3 Å². The van der Waals surface area contributed by atoms with Gasteiger partial charge in [-0.1, -0.05) is 42.5 Å². The van der Waals surface area contributed by atoms with E-state index in [1.54, 1.807) is 47.8 Å². The topological polar surface area (TPSA) is 116 Å². The average Bonchev–Trinajstić information content (AvgIpc) is 3.68. The van der Waals surface area contributed by atoms with Gasteiger partial charge in [-0.2, -0.15) is 4.31 Å². The van der Waals surface area contributed by atoms with Crippen LogP contribution in [0.3, 0.4) is 0 Å². The number of ether oxygens (including phenoxy) is 1. The van der Waals surface area contributed by atoms with Crippen molar-refractivity contribution in [3.05, 3.63) is 118 Å². The minimum Gasteiger partial charge on any atom is -0.434 e. The van der Waals surface area contributed by atoms with Crippen LogP contribution < -0.4 is 10.2 Å². The Labute approximate surface area is 265 Å². The Balaban J connectivity index is 1.41. The first-order valence-corrected chi connectivity index (χ1v) is 16.2. The highest BCUT2D eigenvalue weighted by molar-refractivity contribution is 7.89. The Bertz CT molecular complexity index is 1810. The van der Waals surface area contributed by atoms with Crippen LogP contribution in [0.5, 0.6) is 0 Å². The first-order chi connectivity index (χ1) is 21.9. The number of benzene rings is 3. The zero-order chi connectivity index (χ0) is 33.0. The maximum absolute atomic E-state index is 14.7. The number of rotatable bonds is 12. The summed E-state index contributed by atoms with van der Waals surface area (Å²) in [5, 5.41) is 15.7. The number of carbonyl (C=O) groups is 2. The summed E-state index contributed by atoms with van der Waals surface area (Å²) in [6.45, 7) is -1.32. The zero-order valence-corrected chi connectivity index (χ0v) is 25.5. The molecule has 1 fully saturated rings. The average molecular weight is 678 g/mol. The second-order valence-corrected chi connectivity index (χ2v) is 13.3. The fraction of sp³-hybridized carbons (Fsp3) is 0.226. The molecule has 2 amide bonds. The number of cyclic esters (lactones) is 1. The molecule has 0 saturated carbocycles. The van der Waals surface area contributed by atoms with Crippen molar-refractivity contribution < 1.29 is 45.4 Å². The van der Waals surface area contributed by atoms with Gasteiger partial charge in [0.25, 0.3) is 5.91 Å². The van der Waals surface area contributed by atoms with Gasteiger partial charge >= 0.3 is 6.09 Å². The molecule has 2 N–H and O–H groups in total. The second-order valence-electron chi connectivity index (χ2n) is 10.4. The zero-order valence-electron chi connectivity index (χ0n) is 23.9. The number of hydrogen-bond donors (Lipinski definition) is 2. The first-order valence-electron chi connectivity index (χ1n) is 13.9. The predicted molar refractivity (Wildman–Crippen MR) is 160 cm³/mol. The van der Waals surface area contributed by atoms with E-state index in [0.29, 0.717) is 14.7 Å². The van der Waals surface area contributed by atoms with Crippen molar-refractivity contribution >= 4 is 39.0 Å². The van der Waals surface area contributed by atoms with E-state index in [-0.39, 0.29) is 37.3 Å². The molecule has 1 aromatic heterocycles. The molecule has 3 atom stereocenters. The lowest BCUT2D eigenvalue weighted by Gasteiger charge is -2.30. The molecule has 1 unspecified atom stereocenters. The van der Waals surface area contributed by atoms with E-state index >= 15 is 0 Å². The third kappa shape index (κ3) is 7.55. The van der Waals surface area contributed by atoms with Crippen molar-refractivity contribution in [3.63, 3.8) is 0 Å². The van der Waals surface area contributed by atoms with E-state index in [2.05, 4.69) is 5.32 Å². The van der Waals surface area contributed by atoms with Gasteiger partial charge in [-0.15, -0.1) is 11.3 Å². The Morgan fingerprint density at radius 3 is 2.43 bits per heavy atom. The van der Waals surface area contributed by atoms with E-state index in [9.17, 15) is 40.7 Å². The molecule has 0 bridgehead atoms. The van der Waals surface area contributed by atoms with Crippen molar-refractivity contribution in [2.24, 2.45) is 0 Å². The van der Waals surface area contributed by atoms with Gasteiger partial charge in [0.1, 0.15) is 16.5 Å². The molecule has 46 heavy (non-hydrogen) atoms. The first kappa shape index (κ1) is 33.1. The maximum atomic E-state index is 14.7. The SMILES string of the molecule is O=C(NC(Cc1ccccc1)[C@H](O)CN(Cc1cccs1)S(=O)(=O)c1cc(F)c(F)cc1F)[C@@H]1CN(c2cccc(F)c2)C(=O)O1. The van der Waals surface area contributed by atoms with Crippen LogP contribution in [0.4, 0.5) is 28.0 Å². The molecule has 1 aliphatic rings. The van der Waals surface area contributed by atoms with E-state index < -0.39 is 75.0 Å². The number of sulfonamides is 1. The van der Waals surface area contributed by atoms with Gasteiger partial charge in [-0.25, -0.2) is 30.8 Å². The molecule has 242 valence electrons. The van der Waals surface area contributed by atoms with Crippen LogP contribution in [-0.2, 0) is 32.5 Å². The van der Waals surface area contributed by atoms with Crippen LogP contribution in [0.2, 0.25) is 0 Å². The number of aliphatic hydroxyl groups is 1. The maximum Gasteiger partial charge on any atom is 0.415 e. The van der Waals surface area contributed by atoms with E-state index in [1.165, 1.54) is 29.5 Å². The highest BCUT2D eigenvalue weighted by atomic mass is 32.2. The van der Waals surface area contributed by atoms with E-state index in [1.807, 2.05) is 0 Å². The number of nitrogens with zero attached hydrogens (tertiary/aromatic N) is 2. The van der Waals surface area contributed by atoms with Crippen LogP contribution >= 0.6 is 11.3 Å². The summed E-state index contributed by atoms with van der Waals surface area (Å²) in [5.74, 6) is -6.09. The van der Waals surface area contributed by atoms with Crippen molar-refractivity contribution in [3.8, 4) is 0 Å². The molecule has 1 saturated heterocycles. The van der Waals surface area contributed by atoms with Crippen molar-refractivity contribution in [1.29, 1.82) is 0 Å². The van der Waals surface area contributed by atoms with Gasteiger partial charge in [0.15, 0.2) is 17.7 Å². The molecule has 9 nitrogen and oxygen atoms in total. The molecule has 0 radical (unpaired) electrons. The molecule has 1 aliphatic heterocycles. The summed E-state index contributed by atoms with van der Waals surface area (Å²) >= 11 is 1.18. The number of halogens is 4. The lowest BCUT2D eigenvalue weighted by atomic mass is 10.0. The Kier molecular flexibility index (Phi) is 10.1. The third-order valence-corrected chi connectivity index (χ3v) is 9.90. The number of hydrogen-bond acceptors (Lipinski definition) is 7. The van der Waals surface area contributed by atoms with Crippen LogP contribution in [0.1, 0.15) is 10.4 Å². The monoisotopic (exact) mass is 677 g/mol. The molecule has 5 rings (SSSR count). The summed E-state index contributed by atoms with van der Waals surface area (Å²) in [7, 11) is -4.86. The highest BCUT2D eigenvalue weighted by Crippen LogP contribution is 2.27. The van der Waals surface area contributed by atoms with Crippen molar-refractivity contribution in [2.45, 2.75) is 36.1 Å². The van der Waals surface area contributed by atoms with Gasteiger partial charge in [0.2, 0.25) is 10.0 Å². The number of nitrogens with one attached hydrogen (secondary N) is 1. The van der Waals surface area contributed by atoms with Gasteiger partial charge in [-0.05, 0) is 47.7 Å². The van der Waals surface area contributed by atoms with Gasteiger partial charge in [0.05, 0.1) is 24.4 Å². The molecule has 3 aromatic carbocycles. The number of anilines is 1. The highest BCUT2D eigenvalue weighted by Gasteiger charge is 2.39. The molecule has 0 spiro atoms. The molecule has 2 heterocycles. The summed E-state index contributed by atoms with van der Waals surface area (Å²) in [5.41, 5.74) is 0.816. The Hall–Kier alpha value is -4.31. The Morgan fingerprint density at radius 2 is 1.74 bits per heavy atom. The molecular weight excluding hydrogens is 650 g/mol. The number of amides is 2. The largest absolute Gasteiger partial charge is 0.434 e. The van der Waals surface area contributed by atoms with Gasteiger partial charge in [0, 0.05) is 24.0 Å². The van der Waals surface area contributed by atoms with Crippen LogP contribution in [0.15, 0.2) is 89.1 Å². The predicted octanol–water partition coefficient (Wildman–Crippen LogP) is 4.61. The summed E-state index contributed by atoms with van der Waals surface area (Å²) < 4.78 is 89.4. The van der Waals surface area contributed by atoms with Gasteiger partial charge < -0.3 is 15.2 Å². The fourth-order valence-corrected chi connectivity index (χ4v) is 7.18. The Morgan fingerprint density at radius 1 is 1.00 bits per heavy atom. The third-order valence-electron chi connectivity index (χ3n) is 7.21. The molecule has 15 heteroatoms. The second kappa shape index (κ2) is 14.0. The lowest BCUT2D eigenvalue weighted by Crippen LogP contribution is -2.53. The van der Waals surface area contributed by atoms with Crippen molar-refractivity contribution in [2.75, 3.05) is 18.0 Å². The number of thiophene rings is 1. The van der Waals surface area contributed by atoms with Crippen molar-refractivity contribution in [1.82, 2.24) is 9.62 Å². The molecule has 0 aliphatic carbocycles. The standard InChI is InChI=1S/C31H27F4N3O6S2/c32-20-8-4-9-21(13-20)38-18-28(44-31(38)41)30(40)36-26(12-19-6-2-1-3-7-19)27(39)17-37(16-22-10-5-11-45-22)46(42,43)29-15-24(34)23(33)14-25(29)35/h1-11,13-15,26-28,39H,12,16-18H2,(H,36,40)/t26?,27-,28+/m1/s1. The molecule has 4 aromatic rings. The van der Waals surface area contributed by atoms with Gasteiger partial charge in [-0.3, -0.25) is 9.69 Å². The number of aliphatic hydroxyl groups excluding tert-OH is 1. The summed E-state index contributed by atoms with van der Waals surface area (Å²) in [6, 6.07) is 16.2. The quantitative estimate of drug-likeness (QED) is 0.167.